The van der Waals surface area contributed by atoms with Crippen LogP contribution in [0.5, 0.6) is 0 Å². The molecular formula is C4H7OY+2. The van der Waals surface area contributed by atoms with E-state index in [9.17, 15) is 4.79 Å². The van der Waals surface area contributed by atoms with Gasteiger partial charge in [0.05, 0.1) is 0 Å². The molecule has 0 bridgehead atoms. The number of rotatable bonds is 1. The summed E-state index contributed by atoms with van der Waals surface area (Å²) in [6, 6.07) is 0. The maximum Gasteiger partial charge on any atom is 3.00 e. The Labute approximate surface area is 63.4 Å². The minimum atomic E-state index is 0. The molecule has 0 aromatic heterocycles. The predicted octanol–water partition coefficient (Wildman–Crippen LogP) is 0.750. The number of hydrogen-bond acceptors (Lipinski definition) is 1. The van der Waals surface area contributed by atoms with E-state index in [-0.39, 0.29) is 38.6 Å². The van der Waals surface area contributed by atoms with Gasteiger partial charge in [-0.05, 0) is 0 Å². The average Bonchev–Trinajstić information content (AvgIpc) is 1.38. The van der Waals surface area contributed by atoms with Crippen molar-refractivity contribution in [1.82, 2.24) is 0 Å². The Balaban J connectivity index is 0. The molecule has 0 aliphatic rings. The first-order valence-electron chi connectivity index (χ1n) is 1.65. The maximum atomic E-state index is 9.38. The Hall–Kier alpha value is 0.774. The van der Waals surface area contributed by atoms with Crippen molar-refractivity contribution in [2.45, 2.75) is 13.8 Å². The zero-order chi connectivity index (χ0) is 4.28. The molecule has 0 aliphatic heterocycles. The van der Waals surface area contributed by atoms with Crippen molar-refractivity contribution in [2.75, 3.05) is 0 Å². The topological polar surface area (TPSA) is 17.1 Å². The zero-order valence-corrected chi connectivity index (χ0v) is 6.90. The molecule has 6 heavy (non-hydrogen) atoms. The fraction of sp³-hybridized carbons (Fsp3) is 0.750. The molecule has 0 amide bonds. The van der Waals surface area contributed by atoms with Gasteiger partial charge in [0.1, 0.15) is 0 Å². The molecule has 0 aromatic rings. The normalized spacial score (nSPS) is 7.17. The molecule has 0 saturated carbocycles. The first kappa shape index (κ1) is 9.91. The van der Waals surface area contributed by atoms with Crippen LogP contribution in [0, 0.1) is 5.92 Å². The minimum absolute atomic E-state index is 0. The van der Waals surface area contributed by atoms with Crippen molar-refractivity contribution < 1.29 is 37.5 Å². The monoisotopic (exact) mass is 160 g/mol. The Morgan fingerprint density at radius 3 is 1.67 bits per heavy atom. The predicted molar refractivity (Wildman–Crippen MR) is 20.5 cm³/mol. The Bertz CT molecular complexity index is 34.5. The van der Waals surface area contributed by atoms with Gasteiger partial charge in [-0.1, -0.05) is 13.8 Å². The second-order valence-corrected chi connectivity index (χ2v) is 1.27. The van der Waals surface area contributed by atoms with Crippen molar-refractivity contribution in [2.24, 2.45) is 5.92 Å². The number of carbonyl (C=O) groups excluding carboxylic acids is 1. The van der Waals surface area contributed by atoms with E-state index in [4.69, 9.17) is 0 Å². The van der Waals surface area contributed by atoms with Crippen LogP contribution < -0.4 is 0 Å². The van der Waals surface area contributed by atoms with Crippen molar-refractivity contribution >= 4 is 6.29 Å². The summed E-state index contributed by atoms with van der Waals surface area (Å²) in [7, 11) is 0. The molecule has 0 fully saturated rings. The second-order valence-electron chi connectivity index (χ2n) is 1.27. The van der Waals surface area contributed by atoms with Crippen LogP contribution in [0.15, 0.2) is 0 Å². The van der Waals surface area contributed by atoms with Crippen molar-refractivity contribution in [3.8, 4) is 0 Å². The molecule has 0 atom stereocenters. The van der Waals surface area contributed by atoms with Crippen LogP contribution in [-0.2, 0) is 37.5 Å². The van der Waals surface area contributed by atoms with Gasteiger partial charge in [-0.2, -0.15) is 0 Å². The molecule has 0 aromatic carbocycles. The molecule has 2 heteroatoms. The van der Waals surface area contributed by atoms with E-state index in [0.29, 0.717) is 0 Å². The quantitative estimate of drug-likeness (QED) is 0.517. The summed E-state index contributed by atoms with van der Waals surface area (Å²) in [5.74, 6) is 0.0787. The third kappa shape index (κ3) is 8.84. The van der Waals surface area contributed by atoms with Gasteiger partial charge in [-0.25, -0.2) is 0 Å². The smallest absolute Gasteiger partial charge is 0.542 e. The second kappa shape index (κ2) is 5.77. The van der Waals surface area contributed by atoms with Crippen LogP contribution in [0.1, 0.15) is 13.8 Å². The van der Waals surface area contributed by atoms with E-state index in [1.807, 2.05) is 0 Å². The minimum Gasteiger partial charge on any atom is -0.542 e. The van der Waals surface area contributed by atoms with Gasteiger partial charge in [0.25, 0.3) is 0 Å². The SMILES string of the molecule is CC(C)[C-]=O.[Y+3]. The van der Waals surface area contributed by atoms with Gasteiger partial charge in [-0.15, -0.1) is 5.92 Å². The summed E-state index contributed by atoms with van der Waals surface area (Å²) >= 11 is 0. The molecule has 0 rings (SSSR count). The van der Waals surface area contributed by atoms with Crippen molar-refractivity contribution in [3.05, 3.63) is 0 Å². The van der Waals surface area contributed by atoms with E-state index < -0.39 is 0 Å². The van der Waals surface area contributed by atoms with Crippen LogP contribution >= 0.6 is 0 Å². The molecule has 30 valence electrons. The molecule has 0 N–H and O–H groups in total. The maximum absolute atomic E-state index is 9.38. The molecule has 0 aliphatic carbocycles. The van der Waals surface area contributed by atoms with Crippen LogP contribution in [0.4, 0.5) is 0 Å². The summed E-state index contributed by atoms with van der Waals surface area (Å²) in [5, 5.41) is 0. The summed E-state index contributed by atoms with van der Waals surface area (Å²) in [6.07, 6.45) is 1.78. The van der Waals surface area contributed by atoms with Gasteiger partial charge in [-0.3, -0.25) is 6.29 Å². The fourth-order valence-electron chi connectivity index (χ4n) is 0. The number of hydrogen-bond donors (Lipinski definition) is 0. The first-order chi connectivity index (χ1) is 2.27. The average molecular weight is 160 g/mol. The van der Waals surface area contributed by atoms with Crippen LogP contribution in [0.3, 0.4) is 0 Å². The van der Waals surface area contributed by atoms with Crippen LogP contribution in [-0.4, -0.2) is 6.29 Å². The summed E-state index contributed by atoms with van der Waals surface area (Å²) in [4.78, 5) is 9.38. The Kier molecular flexibility index (Phi) is 9.54. The molecule has 0 spiro atoms. The summed E-state index contributed by atoms with van der Waals surface area (Å²) in [5.41, 5.74) is 0. The Morgan fingerprint density at radius 1 is 1.50 bits per heavy atom. The molecule has 1 nitrogen and oxygen atoms in total. The van der Waals surface area contributed by atoms with Gasteiger partial charge in [0, 0.05) is 0 Å². The summed E-state index contributed by atoms with van der Waals surface area (Å²) in [6.45, 7) is 3.60. The molecular weight excluding hydrogens is 153 g/mol. The van der Waals surface area contributed by atoms with Crippen molar-refractivity contribution in [3.63, 3.8) is 0 Å². The fourth-order valence-corrected chi connectivity index (χ4v) is 0. The van der Waals surface area contributed by atoms with E-state index >= 15 is 0 Å². The molecule has 0 radical (unpaired) electrons. The van der Waals surface area contributed by atoms with E-state index in [1.54, 1.807) is 20.1 Å². The molecule has 0 heterocycles. The van der Waals surface area contributed by atoms with Gasteiger partial charge < -0.3 is 4.79 Å². The van der Waals surface area contributed by atoms with Crippen LogP contribution in [0.25, 0.3) is 0 Å². The largest absolute Gasteiger partial charge is 3.00 e. The van der Waals surface area contributed by atoms with E-state index in [1.165, 1.54) is 0 Å². The van der Waals surface area contributed by atoms with Crippen molar-refractivity contribution in [1.29, 1.82) is 0 Å². The van der Waals surface area contributed by atoms with Gasteiger partial charge in [0.15, 0.2) is 0 Å². The molecule has 0 saturated heterocycles. The van der Waals surface area contributed by atoms with Gasteiger partial charge >= 0.3 is 32.7 Å². The third-order valence-corrected chi connectivity index (χ3v) is 0.236. The third-order valence-electron chi connectivity index (χ3n) is 0.236. The zero-order valence-electron chi connectivity index (χ0n) is 4.06. The van der Waals surface area contributed by atoms with E-state index in [0.717, 1.165) is 0 Å². The molecule has 0 unspecified atom stereocenters. The van der Waals surface area contributed by atoms with Crippen LogP contribution in [0.2, 0.25) is 0 Å². The summed E-state index contributed by atoms with van der Waals surface area (Å²) < 4.78 is 0. The Morgan fingerprint density at radius 2 is 1.67 bits per heavy atom. The van der Waals surface area contributed by atoms with Gasteiger partial charge in [0.2, 0.25) is 0 Å². The standard InChI is InChI=1S/C4H7O.Y/c1-4(2)3-5;/h4H,1-2H3;/q-1;+3. The van der Waals surface area contributed by atoms with E-state index in [2.05, 4.69) is 0 Å². The first-order valence-corrected chi connectivity index (χ1v) is 1.65.